The summed E-state index contributed by atoms with van der Waals surface area (Å²) in [6, 6.07) is 11.1. The minimum Gasteiger partial charge on any atom is -0.338 e. The monoisotopic (exact) mass is 373 g/mol. The summed E-state index contributed by atoms with van der Waals surface area (Å²) >= 11 is 5.92. The number of rotatable bonds is 6. The number of carbonyl (C=O) groups excluding carboxylic acids is 2. The van der Waals surface area contributed by atoms with Crippen molar-refractivity contribution in [2.24, 2.45) is 0 Å². The van der Waals surface area contributed by atoms with E-state index in [0.717, 1.165) is 27.9 Å². The van der Waals surface area contributed by atoms with Crippen LogP contribution in [0.2, 0.25) is 5.02 Å². The number of amides is 3. The van der Waals surface area contributed by atoms with Crippen LogP contribution < -0.4 is 16.0 Å². The average Bonchev–Trinajstić information content (AvgIpc) is 2.56. The lowest BCUT2D eigenvalue weighted by atomic mass is 10.1. The standard InChI is InChI=1S/C20H24ClN3O2/c1-13-9-14(2)19(15(3)10-13)24-18(25)12-23-20(26)22-8-7-16-5-4-6-17(21)11-16/h4-6,9-11H,7-8,12H2,1-3H3,(H,24,25)(H2,22,23,26). The first kappa shape index (κ1) is 19.8. The number of aryl methyl sites for hydroxylation is 3. The second kappa shape index (κ2) is 9.25. The average molecular weight is 374 g/mol. The van der Waals surface area contributed by atoms with Crippen LogP contribution in [0.5, 0.6) is 0 Å². The van der Waals surface area contributed by atoms with E-state index in [4.69, 9.17) is 11.6 Å². The second-order valence-corrected chi connectivity index (χ2v) is 6.75. The maximum Gasteiger partial charge on any atom is 0.315 e. The molecule has 0 fully saturated rings. The molecule has 26 heavy (non-hydrogen) atoms. The Morgan fingerprint density at radius 3 is 2.35 bits per heavy atom. The lowest BCUT2D eigenvalue weighted by Gasteiger charge is -2.13. The Bertz CT molecular complexity index is 782. The molecule has 6 heteroatoms. The summed E-state index contributed by atoms with van der Waals surface area (Å²) < 4.78 is 0. The molecule has 0 saturated carbocycles. The number of anilines is 1. The van der Waals surface area contributed by atoms with Crippen LogP contribution in [0.15, 0.2) is 36.4 Å². The third-order valence-electron chi connectivity index (χ3n) is 3.94. The van der Waals surface area contributed by atoms with E-state index in [9.17, 15) is 9.59 Å². The van der Waals surface area contributed by atoms with Gasteiger partial charge in [-0.25, -0.2) is 4.79 Å². The van der Waals surface area contributed by atoms with E-state index in [1.54, 1.807) is 6.07 Å². The molecule has 0 aromatic heterocycles. The highest BCUT2D eigenvalue weighted by Crippen LogP contribution is 2.21. The van der Waals surface area contributed by atoms with Crippen molar-refractivity contribution in [3.63, 3.8) is 0 Å². The molecule has 2 rings (SSSR count). The van der Waals surface area contributed by atoms with Crippen LogP contribution in [-0.4, -0.2) is 25.0 Å². The van der Waals surface area contributed by atoms with Crippen LogP contribution in [0.1, 0.15) is 22.3 Å². The molecule has 0 heterocycles. The number of hydrogen-bond donors (Lipinski definition) is 3. The van der Waals surface area contributed by atoms with Crippen molar-refractivity contribution in [1.82, 2.24) is 10.6 Å². The molecule has 0 aliphatic heterocycles. The van der Waals surface area contributed by atoms with Gasteiger partial charge in [0, 0.05) is 17.3 Å². The molecule has 0 bridgehead atoms. The topological polar surface area (TPSA) is 70.2 Å². The van der Waals surface area contributed by atoms with Crippen LogP contribution in [-0.2, 0) is 11.2 Å². The summed E-state index contributed by atoms with van der Waals surface area (Å²) in [6.07, 6.45) is 0.669. The molecule has 2 aromatic carbocycles. The molecule has 0 saturated heterocycles. The van der Waals surface area contributed by atoms with Crippen LogP contribution in [0.4, 0.5) is 10.5 Å². The predicted octanol–water partition coefficient (Wildman–Crippen LogP) is 3.75. The highest BCUT2D eigenvalue weighted by molar-refractivity contribution is 6.30. The van der Waals surface area contributed by atoms with E-state index in [-0.39, 0.29) is 18.5 Å². The Balaban J connectivity index is 1.74. The Morgan fingerprint density at radius 2 is 1.69 bits per heavy atom. The van der Waals surface area contributed by atoms with Gasteiger partial charge in [-0.1, -0.05) is 41.4 Å². The minimum atomic E-state index is -0.375. The Morgan fingerprint density at radius 1 is 1.00 bits per heavy atom. The quantitative estimate of drug-likeness (QED) is 0.721. The number of carbonyl (C=O) groups is 2. The van der Waals surface area contributed by atoms with E-state index < -0.39 is 0 Å². The zero-order valence-corrected chi connectivity index (χ0v) is 16.0. The van der Waals surface area contributed by atoms with Crippen LogP contribution in [0.25, 0.3) is 0 Å². The van der Waals surface area contributed by atoms with Crippen LogP contribution >= 0.6 is 11.6 Å². The predicted molar refractivity (Wildman–Crippen MR) is 106 cm³/mol. The molecule has 5 nitrogen and oxygen atoms in total. The third kappa shape index (κ3) is 6.08. The fraction of sp³-hybridized carbons (Fsp3) is 0.300. The summed E-state index contributed by atoms with van der Waals surface area (Å²) in [5, 5.41) is 8.81. The van der Waals surface area contributed by atoms with Crippen molar-refractivity contribution < 1.29 is 9.59 Å². The van der Waals surface area contributed by atoms with Crippen LogP contribution in [0, 0.1) is 20.8 Å². The van der Waals surface area contributed by atoms with E-state index in [0.29, 0.717) is 18.0 Å². The van der Waals surface area contributed by atoms with Gasteiger partial charge < -0.3 is 16.0 Å². The number of halogens is 1. The number of hydrogen-bond acceptors (Lipinski definition) is 2. The van der Waals surface area contributed by atoms with E-state index in [1.165, 1.54) is 0 Å². The van der Waals surface area contributed by atoms with Gasteiger partial charge in [-0.15, -0.1) is 0 Å². The first-order valence-electron chi connectivity index (χ1n) is 8.49. The molecule has 0 spiro atoms. The van der Waals surface area contributed by atoms with Gasteiger partial charge in [-0.2, -0.15) is 0 Å². The van der Waals surface area contributed by atoms with Crippen molar-refractivity contribution >= 4 is 29.2 Å². The van der Waals surface area contributed by atoms with Gasteiger partial charge in [0.25, 0.3) is 0 Å². The molecule has 0 aliphatic rings. The molecule has 2 aromatic rings. The van der Waals surface area contributed by atoms with Crippen molar-refractivity contribution in [3.8, 4) is 0 Å². The normalized spacial score (nSPS) is 10.3. The fourth-order valence-electron chi connectivity index (χ4n) is 2.80. The lowest BCUT2D eigenvalue weighted by molar-refractivity contribution is -0.115. The van der Waals surface area contributed by atoms with Gasteiger partial charge in [0.15, 0.2) is 0 Å². The summed E-state index contributed by atoms with van der Waals surface area (Å²) in [5.74, 6) is -0.259. The molecular formula is C20H24ClN3O2. The Labute approximate surface area is 159 Å². The van der Waals surface area contributed by atoms with Crippen molar-refractivity contribution in [3.05, 3.63) is 63.7 Å². The fourth-order valence-corrected chi connectivity index (χ4v) is 3.01. The first-order valence-corrected chi connectivity index (χ1v) is 8.87. The summed E-state index contributed by atoms with van der Waals surface area (Å²) in [6.45, 7) is 6.29. The van der Waals surface area contributed by atoms with Crippen molar-refractivity contribution in [2.45, 2.75) is 27.2 Å². The summed E-state index contributed by atoms with van der Waals surface area (Å²) in [5.41, 5.74) is 4.99. The second-order valence-electron chi connectivity index (χ2n) is 6.31. The zero-order chi connectivity index (χ0) is 19.1. The molecule has 0 aliphatic carbocycles. The zero-order valence-electron chi connectivity index (χ0n) is 15.3. The molecule has 3 N–H and O–H groups in total. The Kier molecular flexibility index (Phi) is 7.04. The van der Waals surface area contributed by atoms with Crippen molar-refractivity contribution in [1.29, 1.82) is 0 Å². The number of benzene rings is 2. The maximum atomic E-state index is 12.1. The molecule has 138 valence electrons. The van der Waals surface area contributed by atoms with Crippen molar-refractivity contribution in [2.75, 3.05) is 18.4 Å². The maximum absolute atomic E-state index is 12.1. The Hall–Kier alpha value is -2.53. The molecular weight excluding hydrogens is 350 g/mol. The molecule has 0 atom stereocenters. The number of nitrogens with one attached hydrogen (secondary N) is 3. The van der Waals surface area contributed by atoms with Gasteiger partial charge in [-0.05, 0) is 56.0 Å². The van der Waals surface area contributed by atoms with Gasteiger partial charge in [0.05, 0.1) is 6.54 Å². The summed E-state index contributed by atoms with van der Waals surface area (Å²) in [7, 11) is 0. The molecule has 3 amide bonds. The smallest absolute Gasteiger partial charge is 0.315 e. The van der Waals surface area contributed by atoms with Gasteiger partial charge in [0.1, 0.15) is 0 Å². The largest absolute Gasteiger partial charge is 0.338 e. The SMILES string of the molecule is Cc1cc(C)c(NC(=O)CNC(=O)NCCc2cccc(Cl)c2)c(C)c1. The van der Waals surface area contributed by atoms with Gasteiger partial charge in [-0.3, -0.25) is 4.79 Å². The molecule has 0 unspecified atom stereocenters. The van der Waals surface area contributed by atoms with Gasteiger partial charge in [0.2, 0.25) is 5.91 Å². The number of urea groups is 1. The van der Waals surface area contributed by atoms with E-state index >= 15 is 0 Å². The van der Waals surface area contributed by atoms with E-state index in [1.807, 2.05) is 51.1 Å². The lowest BCUT2D eigenvalue weighted by Crippen LogP contribution is -2.40. The first-order chi connectivity index (χ1) is 12.3. The highest BCUT2D eigenvalue weighted by Gasteiger charge is 2.09. The van der Waals surface area contributed by atoms with E-state index in [2.05, 4.69) is 16.0 Å². The minimum absolute atomic E-state index is 0.0875. The highest BCUT2D eigenvalue weighted by atomic mass is 35.5. The van der Waals surface area contributed by atoms with Crippen LogP contribution in [0.3, 0.4) is 0 Å². The van der Waals surface area contributed by atoms with Gasteiger partial charge >= 0.3 is 6.03 Å². The summed E-state index contributed by atoms with van der Waals surface area (Å²) in [4.78, 5) is 23.9. The third-order valence-corrected chi connectivity index (χ3v) is 4.17. The molecule has 0 radical (unpaired) electrons.